The van der Waals surface area contributed by atoms with Gasteiger partial charge in [-0.05, 0) is 72.8 Å². The van der Waals surface area contributed by atoms with Crippen molar-refractivity contribution in [1.29, 1.82) is 0 Å². The number of halogens is 6. The zero-order chi connectivity index (χ0) is 35.2. The van der Waals surface area contributed by atoms with Crippen LogP contribution in [0.25, 0.3) is 44.5 Å². The Morgan fingerprint density at radius 1 is 0.408 bits per heavy atom. The lowest BCUT2D eigenvalue weighted by molar-refractivity contribution is 0.415. The molecule has 6 rings (SSSR count). The minimum Gasteiger partial charge on any atom is -0.507 e. The van der Waals surface area contributed by atoms with E-state index in [1.807, 2.05) is 0 Å². The van der Waals surface area contributed by atoms with Gasteiger partial charge >= 0.3 is 0 Å². The van der Waals surface area contributed by atoms with Crippen molar-refractivity contribution in [2.45, 2.75) is 0 Å². The fraction of sp³-hybridized carbons (Fsp3) is 0.0769. The Balaban J connectivity index is 0.000000191. The third-order valence-electron chi connectivity index (χ3n) is 7.61. The number of phenols is 1. The van der Waals surface area contributed by atoms with E-state index in [1.54, 1.807) is 66.7 Å². The van der Waals surface area contributed by atoms with Gasteiger partial charge < -0.3 is 19.3 Å². The van der Waals surface area contributed by atoms with Crippen molar-refractivity contribution >= 4 is 23.2 Å². The summed E-state index contributed by atoms with van der Waals surface area (Å²) in [5.41, 5.74) is 1.66. The second-order valence-corrected chi connectivity index (χ2v) is 11.4. The summed E-state index contributed by atoms with van der Waals surface area (Å²) in [7, 11) is 4.39. The quantitative estimate of drug-likeness (QED) is 0.168. The van der Waals surface area contributed by atoms with Crippen molar-refractivity contribution in [3.8, 4) is 67.5 Å². The molecule has 0 unspecified atom stereocenters. The summed E-state index contributed by atoms with van der Waals surface area (Å²) in [6.07, 6.45) is 0. The Hall–Kier alpha value is -5.18. The average Bonchev–Trinajstić information content (AvgIpc) is 3.10. The van der Waals surface area contributed by atoms with E-state index >= 15 is 0 Å². The van der Waals surface area contributed by atoms with Gasteiger partial charge in [-0.25, -0.2) is 17.6 Å². The molecule has 0 fully saturated rings. The number of hydrogen-bond acceptors (Lipinski definition) is 4. The Bertz CT molecular complexity index is 2140. The summed E-state index contributed by atoms with van der Waals surface area (Å²) >= 11 is 12.0. The van der Waals surface area contributed by atoms with Crippen LogP contribution in [0.5, 0.6) is 23.0 Å². The lowest BCUT2D eigenvalue weighted by Gasteiger charge is -2.13. The number of para-hydroxylation sites is 2. The molecule has 1 N–H and O–H groups in total. The molecule has 6 aromatic carbocycles. The van der Waals surface area contributed by atoms with E-state index in [2.05, 4.69) is 0 Å². The van der Waals surface area contributed by atoms with E-state index in [-0.39, 0.29) is 33.6 Å². The van der Waals surface area contributed by atoms with Crippen LogP contribution in [0.2, 0.25) is 10.0 Å². The van der Waals surface area contributed by atoms with Crippen LogP contribution in [0.1, 0.15) is 0 Å². The number of methoxy groups -OCH3 is 3. The van der Waals surface area contributed by atoms with E-state index < -0.39 is 23.3 Å². The maximum Gasteiger partial charge on any atom is 0.131 e. The predicted octanol–water partition coefficient (Wildman–Crippen LogP) is 11.6. The zero-order valence-electron chi connectivity index (χ0n) is 26.3. The molecule has 0 aliphatic carbocycles. The first-order valence-corrected chi connectivity index (χ1v) is 15.4. The maximum atomic E-state index is 14.8. The number of aromatic hydroxyl groups is 1. The van der Waals surface area contributed by atoms with Crippen molar-refractivity contribution in [2.24, 2.45) is 0 Å². The van der Waals surface area contributed by atoms with E-state index in [0.29, 0.717) is 44.0 Å². The largest absolute Gasteiger partial charge is 0.507 e. The Kier molecular flexibility index (Phi) is 11.0. The van der Waals surface area contributed by atoms with Crippen molar-refractivity contribution < 1.29 is 36.9 Å². The first-order valence-electron chi connectivity index (χ1n) is 14.6. The van der Waals surface area contributed by atoms with Gasteiger partial charge in [-0.3, -0.25) is 0 Å². The highest BCUT2D eigenvalue weighted by atomic mass is 35.5. The number of hydrogen-bond donors (Lipinski definition) is 1. The molecule has 49 heavy (non-hydrogen) atoms. The second-order valence-electron chi connectivity index (χ2n) is 10.5. The third kappa shape index (κ3) is 7.61. The minimum absolute atomic E-state index is 0.0182. The van der Waals surface area contributed by atoms with Crippen LogP contribution >= 0.6 is 23.2 Å². The average molecular weight is 708 g/mol. The van der Waals surface area contributed by atoms with Crippen LogP contribution in [0.3, 0.4) is 0 Å². The summed E-state index contributed by atoms with van der Waals surface area (Å²) in [6, 6.07) is 27.0. The maximum absolute atomic E-state index is 14.8. The molecule has 0 amide bonds. The fourth-order valence-corrected chi connectivity index (χ4v) is 5.61. The van der Waals surface area contributed by atoms with Gasteiger partial charge in [0.05, 0.1) is 21.3 Å². The van der Waals surface area contributed by atoms with Gasteiger partial charge in [-0.15, -0.1) is 0 Å². The Morgan fingerprint density at radius 2 is 0.755 bits per heavy atom. The molecule has 0 heterocycles. The van der Waals surface area contributed by atoms with Gasteiger partial charge in [0.2, 0.25) is 0 Å². The minimum atomic E-state index is -0.657. The first-order chi connectivity index (χ1) is 23.6. The van der Waals surface area contributed by atoms with Gasteiger partial charge in [0.25, 0.3) is 0 Å². The molecule has 250 valence electrons. The second kappa shape index (κ2) is 15.4. The highest BCUT2D eigenvalue weighted by molar-refractivity contribution is 6.31. The van der Waals surface area contributed by atoms with Crippen molar-refractivity contribution in [3.05, 3.63) is 143 Å². The smallest absolute Gasteiger partial charge is 0.131 e. The highest BCUT2D eigenvalue weighted by Gasteiger charge is 2.19. The highest BCUT2D eigenvalue weighted by Crippen LogP contribution is 2.40. The van der Waals surface area contributed by atoms with Crippen LogP contribution in [-0.4, -0.2) is 26.4 Å². The molecular weight excluding hydrogens is 679 g/mol. The molecule has 0 aliphatic rings. The molecular formula is C39H28Cl2F4O4. The lowest BCUT2D eigenvalue weighted by Crippen LogP contribution is -1.95. The molecule has 0 bridgehead atoms. The zero-order valence-corrected chi connectivity index (χ0v) is 27.8. The third-order valence-corrected chi connectivity index (χ3v) is 8.08. The summed E-state index contributed by atoms with van der Waals surface area (Å²) in [5, 5.41) is 10.6. The number of rotatable bonds is 7. The SMILES string of the molecule is COc1ccc(Cl)cc1-c1cc(F)c(-c2ccccc2O)cc1F.COc1ccccc1-c1cc(F)c(-c2cc(Cl)ccc2OC)cc1F. The van der Waals surface area contributed by atoms with Gasteiger partial charge in [0, 0.05) is 54.6 Å². The predicted molar refractivity (Wildman–Crippen MR) is 186 cm³/mol. The van der Waals surface area contributed by atoms with Crippen LogP contribution in [-0.2, 0) is 0 Å². The molecule has 4 nitrogen and oxygen atoms in total. The summed E-state index contributed by atoms with van der Waals surface area (Å²) in [6.45, 7) is 0. The summed E-state index contributed by atoms with van der Waals surface area (Å²) in [5.74, 6) is -1.31. The van der Waals surface area contributed by atoms with E-state index in [1.165, 1.54) is 39.5 Å². The fourth-order valence-electron chi connectivity index (χ4n) is 5.27. The van der Waals surface area contributed by atoms with Gasteiger partial charge in [-0.1, -0.05) is 59.6 Å². The van der Waals surface area contributed by atoms with Crippen molar-refractivity contribution in [2.75, 3.05) is 21.3 Å². The van der Waals surface area contributed by atoms with Gasteiger partial charge in [0.1, 0.15) is 46.3 Å². The van der Waals surface area contributed by atoms with E-state index in [4.69, 9.17) is 37.4 Å². The summed E-state index contributed by atoms with van der Waals surface area (Å²) < 4.78 is 74.4. The molecule has 0 aliphatic heterocycles. The van der Waals surface area contributed by atoms with Gasteiger partial charge in [0.15, 0.2) is 0 Å². The molecule has 10 heteroatoms. The van der Waals surface area contributed by atoms with E-state index in [0.717, 1.165) is 24.3 Å². The lowest BCUT2D eigenvalue weighted by atomic mass is 9.98. The summed E-state index contributed by atoms with van der Waals surface area (Å²) in [4.78, 5) is 0. The van der Waals surface area contributed by atoms with Crippen LogP contribution in [0.15, 0.2) is 109 Å². The molecule has 6 aromatic rings. The molecule has 0 atom stereocenters. The first kappa shape index (κ1) is 35.1. The van der Waals surface area contributed by atoms with Crippen LogP contribution < -0.4 is 14.2 Å². The van der Waals surface area contributed by atoms with Gasteiger partial charge in [-0.2, -0.15) is 0 Å². The van der Waals surface area contributed by atoms with Crippen molar-refractivity contribution in [3.63, 3.8) is 0 Å². The van der Waals surface area contributed by atoms with Crippen LogP contribution in [0, 0.1) is 23.3 Å². The number of ether oxygens (including phenoxy) is 3. The number of benzene rings is 6. The monoisotopic (exact) mass is 706 g/mol. The Labute approximate surface area is 290 Å². The standard InChI is InChI=1S/C20H15ClF2O2.C19H13ClF2O2/c1-24-19-6-4-3-5-13(19)14-10-18(23)15(11-17(14)22)16-9-12(21)7-8-20(16)25-2;1-24-19-7-6-11(20)8-15(19)14-10-16(21)13(9-17(14)22)12-4-2-3-5-18(12)23/h3-11H,1-2H3;2-10,23H,1H3. The molecule has 0 spiro atoms. The Morgan fingerprint density at radius 3 is 1.18 bits per heavy atom. The molecule has 0 radical (unpaired) electrons. The molecule has 0 aromatic heterocycles. The molecule has 0 saturated heterocycles. The normalized spacial score (nSPS) is 10.6. The molecule has 0 saturated carbocycles. The van der Waals surface area contributed by atoms with E-state index in [9.17, 15) is 22.7 Å². The van der Waals surface area contributed by atoms with Crippen LogP contribution in [0.4, 0.5) is 17.6 Å². The van der Waals surface area contributed by atoms with Crippen molar-refractivity contribution in [1.82, 2.24) is 0 Å². The topological polar surface area (TPSA) is 47.9 Å². The number of phenolic OH excluding ortho intramolecular Hbond substituents is 1.